The number of halogens is 1. The van der Waals surface area contributed by atoms with Crippen LogP contribution in [0.1, 0.15) is 0 Å². The second-order valence-corrected chi connectivity index (χ2v) is 4.19. The SMILES string of the molecule is C#CCn1c(=O)n(C=C=C)c2cc(Br)cnc21. The van der Waals surface area contributed by atoms with Gasteiger partial charge in [-0.15, -0.1) is 12.2 Å². The molecular formula is C12H8BrN3O. The predicted octanol–water partition coefficient (Wildman–Crippen LogP) is 1.85. The number of hydrogen-bond acceptors (Lipinski definition) is 2. The molecule has 0 unspecified atom stereocenters. The first-order chi connectivity index (χ1) is 8.19. The molecule has 2 aromatic heterocycles. The summed E-state index contributed by atoms with van der Waals surface area (Å²) in [5.74, 6) is 2.44. The van der Waals surface area contributed by atoms with Crippen molar-refractivity contribution in [3.8, 4) is 12.3 Å². The summed E-state index contributed by atoms with van der Waals surface area (Å²) in [6.07, 6.45) is 8.33. The Labute approximate surface area is 106 Å². The van der Waals surface area contributed by atoms with Crippen molar-refractivity contribution in [1.29, 1.82) is 0 Å². The van der Waals surface area contributed by atoms with Gasteiger partial charge in [0.25, 0.3) is 0 Å². The molecule has 84 valence electrons. The minimum absolute atomic E-state index is 0.182. The fourth-order valence-corrected chi connectivity index (χ4v) is 1.90. The molecular weight excluding hydrogens is 282 g/mol. The third kappa shape index (κ3) is 1.84. The highest BCUT2D eigenvalue weighted by Gasteiger charge is 2.12. The Bertz CT molecular complexity index is 727. The fourth-order valence-electron chi connectivity index (χ4n) is 1.58. The number of rotatable bonds is 2. The highest BCUT2D eigenvalue weighted by molar-refractivity contribution is 9.10. The van der Waals surface area contributed by atoms with E-state index in [1.165, 1.54) is 15.3 Å². The van der Waals surface area contributed by atoms with Crippen molar-refractivity contribution in [3.63, 3.8) is 0 Å². The van der Waals surface area contributed by atoms with Gasteiger partial charge in [-0.1, -0.05) is 12.5 Å². The largest absolute Gasteiger partial charge is 0.335 e. The molecule has 0 radical (unpaired) electrons. The molecule has 0 aliphatic heterocycles. The standard InChI is InChI=1S/C12H8BrN3O/c1-3-5-15-10-7-9(13)8-14-11(10)16(6-4-2)12(15)17/h2,5,7-8H,1,6H2. The van der Waals surface area contributed by atoms with Crippen LogP contribution in [0.25, 0.3) is 17.4 Å². The second-order valence-electron chi connectivity index (χ2n) is 3.27. The molecule has 0 saturated carbocycles. The first-order valence-corrected chi connectivity index (χ1v) is 5.54. The monoisotopic (exact) mass is 289 g/mol. The van der Waals surface area contributed by atoms with Gasteiger partial charge in [0.05, 0.1) is 18.3 Å². The maximum Gasteiger partial charge on any atom is 0.335 e. The van der Waals surface area contributed by atoms with Crippen LogP contribution in [0.4, 0.5) is 0 Å². The lowest BCUT2D eigenvalue weighted by Crippen LogP contribution is -2.21. The van der Waals surface area contributed by atoms with Crippen molar-refractivity contribution in [2.75, 3.05) is 0 Å². The minimum atomic E-state index is -0.250. The Hall–Kier alpha value is -2.02. The number of fused-ring (bicyclic) bond motifs is 1. The lowest BCUT2D eigenvalue weighted by atomic mass is 10.4. The fraction of sp³-hybridized carbons (Fsp3) is 0.0833. The topological polar surface area (TPSA) is 39.8 Å². The molecule has 0 N–H and O–H groups in total. The van der Waals surface area contributed by atoms with Crippen LogP contribution in [0.3, 0.4) is 0 Å². The van der Waals surface area contributed by atoms with Crippen molar-refractivity contribution in [2.24, 2.45) is 0 Å². The average molecular weight is 290 g/mol. The van der Waals surface area contributed by atoms with E-state index in [9.17, 15) is 4.79 Å². The Morgan fingerprint density at radius 1 is 1.65 bits per heavy atom. The summed E-state index contributed by atoms with van der Waals surface area (Å²) < 4.78 is 3.63. The summed E-state index contributed by atoms with van der Waals surface area (Å²) in [7, 11) is 0. The van der Waals surface area contributed by atoms with Crippen LogP contribution in [-0.2, 0) is 6.54 Å². The molecule has 0 amide bonds. The molecule has 17 heavy (non-hydrogen) atoms. The highest BCUT2D eigenvalue weighted by Crippen LogP contribution is 2.16. The molecule has 0 fully saturated rings. The summed E-state index contributed by atoms with van der Waals surface area (Å²) in [6, 6.07) is 1.80. The van der Waals surface area contributed by atoms with E-state index in [1.807, 2.05) is 0 Å². The summed E-state index contributed by atoms with van der Waals surface area (Å²) in [5.41, 5.74) is 3.53. The van der Waals surface area contributed by atoms with Crippen molar-refractivity contribution in [1.82, 2.24) is 14.1 Å². The van der Waals surface area contributed by atoms with E-state index in [4.69, 9.17) is 6.42 Å². The molecule has 0 saturated heterocycles. The van der Waals surface area contributed by atoms with Gasteiger partial charge in [0.1, 0.15) is 0 Å². The molecule has 2 rings (SSSR count). The van der Waals surface area contributed by atoms with Gasteiger partial charge in [-0.05, 0) is 22.0 Å². The van der Waals surface area contributed by atoms with Crippen molar-refractivity contribution in [2.45, 2.75) is 6.54 Å². The number of hydrogen-bond donors (Lipinski definition) is 0. The number of pyridine rings is 1. The Kier molecular flexibility index (Phi) is 3.01. The van der Waals surface area contributed by atoms with Crippen LogP contribution < -0.4 is 5.69 Å². The van der Waals surface area contributed by atoms with E-state index in [-0.39, 0.29) is 12.2 Å². The predicted molar refractivity (Wildman–Crippen MR) is 70.4 cm³/mol. The van der Waals surface area contributed by atoms with Gasteiger partial charge in [-0.25, -0.2) is 9.78 Å². The van der Waals surface area contributed by atoms with Gasteiger partial charge in [0.2, 0.25) is 0 Å². The molecule has 2 heterocycles. The quantitative estimate of drug-likeness (QED) is 0.625. The van der Waals surface area contributed by atoms with Crippen LogP contribution in [-0.4, -0.2) is 14.1 Å². The molecule has 0 atom stereocenters. The molecule has 5 heteroatoms. The molecule has 0 aliphatic carbocycles. The average Bonchev–Trinajstić information content (AvgIpc) is 2.55. The van der Waals surface area contributed by atoms with Gasteiger partial charge in [0, 0.05) is 10.7 Å². The van der Waals surface area contributed by atoms with E-state index in [1.54, 1.807) is 12.3 Å². The minimum Gasteiger partial charge on any atom is -0.264 e. The first-order valence-electron chi connectivity index (χ1n) is 4.74. The molecule has 2 aromatic rings. The van der Waals surface area contributed by atoms with Crippen molar-refractivity contribution in [3.05, 3.63) is 39.5 Å². The van der Waals surface area contributed by atoms with Crippen LogP contribution in [0.5, 0.6) is 0 Å². The van der Waals surface area contributed by atoms with Gasteiger partial charge in [-0.2, -0.15) is 0 Å². The highest BCUT2D eigenvalue weighted by atomic mass is 79.9. The normalized spacial score (nSPS) is 9.88. The first kappa shape index (κ1) is 11.5. The zero-order valence-electron chi connectivity index (χ0n) is 8.85. The Balaban J connectivity index is 2.94. The summed E-state index contributed by atoms with van der Waals surface area (Å²) in [5, 5.41) is 0. The Morgan fingerprint density at radius 2 is 2.41 bits per heavy atom. The van der Waals surface area contributed by atoms with E-state index in [2.05, 4.69) is 39.1 Å². The van der Waals surface area contributed by atoms with E-state index < -0.39 is 0 Å². The van der Waals surface area contributed by atoms with Gasteiger partial charge in [0.15, 0.2) is 5.65 Å². The van der Waals surface area contributed by atoms with Crippen LogP contribution >= 0.6 is 15.9 Å². The van der Waals surface area contributed by atoms with E-state index in [0.717, 1.165) is 4.47 Å². The number of terminal acetylenes is 1. The molecule has 4 nitrogen and oxygen atoms in total. The molecule has 0 aliphatic rings. The summed E-state index contributed by atoms with van der Waals surface area (Å²) in [6.45, 7) is 3.64. The number of nitrogens with zero attached hydrogens (tertiary/aromatic N) is 3. The zero-order chi connectivity index (χ0) is 12.4. The van der Waals surface area contributed by atoms with Crippen LogP contribution in [0.15, 0.2) is 33.8 Å². The van der Waals surface area contributed by atoms with Crippen LogP contribution in [0.2, 0.25) is 0 Å². The van der Waals surface area contributed by atoms with E-state index in [0.29, 0.717) is 11.2 Å². The lowest BCUT2D eigenvalue weighted by Gasteiger charge is -1.95. The van der Waals surface area contributed by atoms with Crippen molar-refractivity contribution < 1.29 is 0 Å². The molecule has 0 spiro atoms. The van der Waals surface area contributed by atoms with Gasteiger partial charge >= 0.3 is 5.69 Å². The molecule has 0 aromatic carbocycles. The smallest absolute Gasteiger partial charge is 0.264 e. The zero-order valence-corrected chi connectivity index (χ0v) is 10.4. The number of aromatic nitrogens is 3. The lowest BCUT2D eigenvalue weighted by molar-refractivity contribution is 0.797. The summed E-state index contributed by atoms with van der Waals surface area (Å²) in [4.78, 5) is 16.3. The third-order valence-corrected chi connectivity index (χ3v) is 2.67. The molecule has 0 bridgehead atoms. The third-order valence-electron chi connectivity index (χ3n) is 2.24. The number of imidazole rings is 1. The van der Waals surface area contributed by atoms with Gasteiger partial charge in [-0.3, -0.25) is 9.13 Å². The summed E-state index contributed by atoms with van der Waals surface area (Å²) >= 11 is 3.31. The maximum absolute atomic E-state index is 12.1. The van der Waals surface area contributed by atoms with E-state index >= 15 is 0 Å². The van der Waals surface area contributed by atoms with Crippen LogP contribution in [0, 0.1) is 12.3 Å². The Morgan fingerprint density at radius 3 is 3.06 bits per heavy atom. The van der Waals surface area contributed by atoms with Crippen molar-refractivity contribution >= 4 is 33.3 Å². The second kappa shape index (κ2) is 4.46. The van der Waals surface area contributed by atoms with Gasteiger partial charge < -0.3 is 0 Å². The maximum atomic E-state index is 12.1.